The number of hydrogen-bond acceptors (Lipinski definition) is 10. The van der Waals surface area contributed by atoms with Crippen LogP contribution in [0.25, 0.3) is 0 Å². The smallest absolute Gasteiger partial charge is 0.534 e. The van der Waals surface area contributed by atoms with E-state index in [1.807, 2.05) is 0 Å². The molecule has 2 aliphatic heterocycles. The predicted octanol–water partition coefficient (Wildman–Crippen LogP) is 1.88. The minimum absolute atomic E-state index is 0.00530. The molecule has 0 aromatic heterocycles. The van der Waals surface area contributed by atoms with Crippen molar-refractivity contribution in [3.63, 3.8) is 0 Å². The van der Waals surface area contributed by atoms with Gasteiger partial charge in [-0.15, -0.1) is 0 Å². The first-order valence-corrected chi connectivity index (χ1v) is 15.3. The van der Waals surface area contributed by atoms with Crippen LogP contribution in [-0.2, 0) is 11.2 Å². The Morgan fingerprint density at radius 2 is 1.73 bits per heavy atom. The number of urea groups is 3. The number of carboxylic acids is 1. The van der Waals surface area contributed by atoms with Crippen LogP contribution < -0.4 is 25.9 Å². The number of nitrogens with one attached hydrogen (secondary N) is 4. The molecule has 0 aliphatic carbocycles. The molecule has 2 aliphatic rings. The van der Waals surface area contributed by atoms with Crippen molar-refractivity contribution in [3.8, 4) is 23.0 Å². The van der Waals surface area contributed by atoms with E-state index >= 15 is 0 Å². The van der Waals surface area contributed by atoms with Crippen LogP contribution in [0.1, 0.15) is 27.5 Å². The number of carbonyl (C=O) groups excluding carboxylic acids is 4. The Bertz CT molecular complexity index is 1910. The van der Waals surface area contributed by atoms with Gasteiger partial charge in [0.15, 0.2) is 17.3 Å². The number of nitrogens with zero attached hydrogens (tertiary/aromatic N) is 2. The van der Waals surface area contributed by atoms with Crippen molar-refractivity contribution in [1.29, 1.82) is 0 Å². The van der Waals surface area contributed by atoms with E-state index in [-0.39, 0.29) is 43.9 Å². The summed E-state index contributed by atoms with van der Waals surface area (Å²) in [6.07, 6.45) is -0.299. The third kappa shape index (κ3) is 7.76. The maximum atomic E-state index is 14.6. The Morgan fingerprint density at radius 3 is 2.41 bits per heavy atom. The number of phenolic OH excluding ortho intramolecular Hbond substituents is 3. The first-order chi connectivity index (χ1) is 24.2. The van der Waals surface area contributed by atoms with Crippen LogP contribution in [-0.4, -0.2) is 104 Å². The molecule has 2 atom stereocenters. The SMILES string of the molecule is O=C(NCCN1CCN(C(=O)NC(C(=O)NC2Cc3ccc(F)c(C(=O)O)c3OB2O)c2cc(F)c(O)c(O)c2Cl)C1=O)Nc1ccc(O)cc1. The van der Waals surface area contributed by atoms with E-state index in [1.54, 1.807) is 0 Å². The Labute approximate surface area is 291 Å². The van der Waals surface area contributed by atoms with Crippen molar-refractivity contribution < 1.29 is 62.9 Å². The molecule has 17 nitrogen and oxygen atoms in total. The van der Waals surface area contributed by atoms with E-state index in [0.717, 1.165) is 6.07 Å². The fourth-order valence-electron chi connectivity index (χ4n) is 5.35. The van der Waals surface area contributed by atoms with Gasteiger partial charge in [0.25, 0.3) is 0 Å². The van der Waals surface area contributed by atoms with Gasteiger partial charge in [-0.05, 0) is 48.4 Å². The number of benzene rings is 3. The van der Waals surface area contributed by atoms with Crippen molar-refractivity contribution in [2.75, 3.05) is 31.5 Å². The van der Waals surface area contributed by atoms with Crippen molar-refractivity contribution in [2.24, 2.45) is 0 Å². The molecular weight excluding hydrogens is 705 g/mol. The van der Waals surface area contributed by atoms with Gasteiger partial charge < -0.3 is 56.3 Å². The molecule has 21 heteroatoms. The highest BCUT2D eigenvalue weighted by Crippen LogP contribution is 2.40. The lowest BCUT2D eigenvalue weighted by Crippen LogP contribution is -2.56. The van der Waals surface area contributed by atoms with Crippen LogP contribution in [0, 0.1) is 11.6 Å². The molecule has 51 heavy (non-hydrogen) atoms. The number of anilines is 1. The average Bonchev–Trinajstić information content (AvgIpc) is 3.45. The first-order valence-electron chi connectivity index (χ1n) is 15.0. The van der Waals surface area contributed by atoms with Gasteiger partial charge in [0.05, 0.1) is 11.0 Å². The fourth-order valence-corrected chi connectivity index (χ4v) is 5.60. The number of imide groups is 1. The summed E-state index contributed by atoms with van der Waals surface area (Å²) in [5, 5.41) is 58.2. The Morgan fingerprint density at radius 1 is 1.02 bits per heavy atom. The third-order valence-corrected chi connectivity index (χ3v) is 8.32. The van der Waals surface area contributed by atoms with E-state index < -0.39 is 94.1 Å². The summed E-state index contributed by atoms with van der Waals surface area (Å²) in [5.41, 5.74) is -0.930. The molecular formula is C30H28BClF2N6O11. The molecule has 9 N–H and O–H groups in total. The number of fused-ring (bicyclic) bond motifs is 1. The van der Waals surface area contributed by atoms with Gasteiger partial charge in [-0.3, -0.25) is 4.79 Å². The largest absolute Gasteiger partial charge is 0.547 e. The summed E-state index contributed by atoms with van der Waals surface area (Å²) in [6, 6.07) is 3.67. The topological polar surface area (TPSA) is 250 Å². The van der Waals surface area contributed by atoms with Gasteiger partial charge >= 0.3 is 31.2 Å². The van der Waals surface area contributed by atoms with E-state index in [2.05, 4.69) is 21.3 Å². The van der Waals surface area contributed by atoms with Crippen molar-refractivity contribution in [2.45, 2.75) is 18.4 Å². The minimum atomic E-state index is -1.98. The molecule has 0 bridgehead atoms. The number of hydrogen-bond donors (Lipinski definition) is 9. The predicted molar refractivity (Wildman–Crippen MR) is 172 cm³/mol. The molecule has 3 aromatic carbocycles. The van der Waals surface area contributed by atoms with Crippen LogP contribution >= 0.6 is 11.6 Å². The van der Waals surface area contributed by atoms with Gasteiger partial charge in [-0.25, -0.2) is 32.9 Å². The summed E-state index contributed by atoms with van der Waals surface area (Å²) in [4.78, 5) is 65.8. The molecule has 5 rings (SSSR count). The molecule has 3 aromatic rings. The second kappa shape index (κ2) is 14.8. The number of aromatic carboxylic acids is 1. The number of carbonyl (C=O) groups is 5. The fraction of sp³-hybridized carbons (Fsp3) is 0.233. The van der Waals surface area contributed by atoms with Gasteiger partial charge in [0, 0.05) is 37.4 Å². The zero-order valence-corrected chi connectivity index (χ0v) is 26.8. The zero-order valence-electron chi connectivity index (χ0n) is 26.0. The summed E-state index contributed by atoms with van der Waals surface area (Å²) < 4.78 is 34.0. The summed E-state index contributed by atoms with van der Waals surface area (Å²) in [5.74, 6) is -9.65. The Balaban J connectivity index is 1.28. The van der Waals surface area contributed by atoms with Gasteiger partial charge in [0.2, 0.25) is 5.91 Å². The minimum Gasteiger partial charge on any atom is -0.534 e. The van der Waals surface area contributed by atoms with Crippen molar-refractivity contribution in [3.05, 3.63) is 75.8 Å². The molecule has 1 saturated heterocycles. The number of amides is 7. The normalized spacial score (nSPS) is 15.8. The standard InChI is InChI=1S/C30H28BClF2N6O11/c32-21-16(12-18(34)23(42)24(21)43)22(26(44)37-19-11-13-1-6-17(33)20(27(45)46)25(13)51-31(19)50)38-29(48)40-10-9-39(30(40)49)8-7-35-28(47)36-14-2-4-15(41)5-3-14/h1-6,12,19,22,41-43,50H,7-11H2,(H,37,44)(H,38,48)(H,45,46)(H2,35,36,47). The van der Waals surface area contributed by atoms with Crippen LogP contribution in [0.3, 0.4) is 0 Å². The van der Waals surface area contributed by atoms with E-state index in [4.69, 9.17) is 16.3 Å². The van der Waals surface area contributed by atoms with Crippen molar-refractivity contribution in [1.82, 2.24) is 25.8 Å². The molecule has 0 spiro atoms. The number of halogens is 3. The van der Waals surface area contributed by atoms with E-state index in [0.29, 0.717) is 16.7 Å². The molecule has 0 saturated carbocycles. The van der Waals surface area contributed by atoms with Gasteiger partial charge in [-0.1, -0.05) is 17.7 Å². The molecule has 268 valence electrons. The maximum Gasteiger partial charge on any atom is 0.547 e. The van der Waals surface area contributed by atoms with Crippen LogP contribution in [0.5, 0.6) is 23.0 Å². The highest BCUT2D eigenvalue weighted by molar-refractivity contribution is 6.47. The summed E-state index contributed by atoms with van der Waals surface area (Å²) >= 11 is 6.13. The van der Waals surface area contributed by atoms with Gasteiger partial charge in [-0.2, -0.15) is 0 Å². The molecule has 7 amide bonds. The number of carboxylic acid groups (broad SMARTS) is 1. The third-order valence-electron chi connectivity index (χ3n) is 7.92. The highest BCUT2D eigenvalue weighted by Gasteiger charge is 2.42. The maximum absolute atomic E-state index is 14.6. The summed E-state index contributed by atoms with van der Waals surface area (Å²) in [7, 11) is -1.94. The Kier molecular flexibility index (Phi) is 10.6. The monoisotopic (exact) mass is 732 g/mol. The zero-order chi connectivity index (χ0) is 37.1. The van der Waals surface area contributed by atoms with E-state index in [9.17, 15) is 58.2 Å². The highest BCUT2D eigenvalue weighted by atomic mass is 35.5. The van der Waals surface area contributed by atoms with Crippen LogP contribution in [0.4, 0.5) is 28.9 Å². The Hall–Kier alpha value is -6.02. The van der Waals surface area contributed by atoms with Crippen LogP contribution in [0.2, 0.25) is 5.02 Å². The van der Waals surface area contributed by atoms with Crippen molar-refractivity contribution >= 4 is 54.4 Å². The number of phenols is 3. The number of aromatic hydroxyl groups is 3. The second-order valence-electron chi connectivity index (χ2n) is 11.2. The molecule has 2 heterocycles. The molecule has 0 radical (unpaired) electrons. The molecule has 1 fully saturated rings. The lowest BCUT2D eigenvalue weighted by atomic mass is 9.72. The number of rotatable bonds is 9. The summed E-state index contributed by atoms with van der Waals surface area (Å²) in [6.45, 7) is -0.236. The quantitative estimate of drug-likeness (QED) is 0.0873. The van der Waals surface area contributed by atoms with Gasteiger partial charge in [0.1, 0.15) is 28.9 Å². The first kappa shape index (κ1) is 36.3. The lowest BCUT2D eigenvalue weighted by molar-refractivity contribution is -0.123. The lowest BCUT2D eigenvalue weighted by Gasteiger charge is -2.31. The average molecular weight is 733 g/mol. The molecule has 2 unspecified atom stereocenters. The van der Waals surface area contributed by atoms with E-state index in [1.165, 1.54) is 35.2 Å². The van der Waals surface area contributed by atoms with Crippen LogP contribution in [0.15, 0.2) is 42.5 Å². The second-order valence-corrected chi connectivity index (χ2v) is 11.6.